The number of hydrogen-bond donors (Lipinski definition) is 4. The van der Waals surface area contributed by atoms with E-state index in [2.05, 4.69) is 45.1 Å². The minimum Gasteiger partial charge on any atom is -0.356 e. The highest BCUT2D eigenvalue weighted by molar-refractivity contribution is 5.89. The molecular formula is C38H69N7O7. The van der Waals surface area contributed by atoms with Gasteiger partial charge in [0, 0.05) is 43.8 Å². The highest BCUT2D eigenvalue weighted by Gasteiger charge is 2.31. The van der Waals surface area contributed by atoms with Gasteiger partial charge in [0.15, 0.2) is 12.0 Å². The van der Waals surface area contributed by atoms with Gasteiger partial charge in [0.25, 0.3) is 0 Å². The molecule has 0 spiro atoms. The van der Waals surface area contributed by atoms with Crippen LogP contribution in [0.1, 0.15) is 132 Å². The van der Waals surface area contributed by atoms with Crippen molar-refractivity contribution in [3.05, 3.63) is 24.3 Å². The van der Waals surface area contributed by atoms with Crippen molar-refractivity contribution < 1.29 is 33.5 Å². The lowest BCUT2D eigenvalue weighted by Crippen LogP contribution is -2.49. The van der Waals surface area contributed by atoms with Crippen LogP contribution in [0.4, 0.5) is 0 Å². The Balaban J connectivity index is 0. The summed E-state index contributed by atoms with van der Waals surface area (Å²) >= 11 is 0. The average Bonchev–Trinajstić information content (AvgIpc) is 3.81. The Morgan fingerprint density at radius 3 is 1.85 bits per heavy atom. The fourth-order valence-corrected chi connectivity index (χ4v) is 4.27. The molecule has 2 aliphatic carbocycles. The molecule has 2 saturated carbocycles. The zero-order valence-electron chi connectivity index (χ0n) is 33.4. The quantitative estimate of drug-likeness (QED) is 0.178. The van der Waals surface area contributed by atoms with E-state index in [1.165, 1.54) is 69.6 Å². The van der Waals surface area contributed by atoms with Gasteiger partial charge in [-0.15, -0.1) is 0 Å². The molecule has 4 N–H and O–H groups in total. The van der Waals surface area contributed by atoms with Gasteiger partial charge in [-0.2, -0.15) is 0 Å². The molecular weight excluding hydrogens is 666 g/mol. The van der Waals surface area contributed by atoms with Gasteiger partial charge in [-0.1, -0.05) is 79.6 Å². The number of carbonyl (C=O) groups excluding carboxylic acids is 6. The van der Waals surface area contributed by atoms with Gasteiger partial charge < -0.3 is 30.9 Å². The van der Waals surface area contributed by atoms with E-state index in [9.17, 15) is 28.8 Å². The highest BCUT2D eigenvalue weighted by Crippen LogP contribution is 2.18. The van der Waals surface area contributed by atoms with Crippen LogP contribution in [0.15, 0.2) is 18.6 Å². The van der Waals surface area contributed by atoms with Crippen LogP contribution < -0.4 is 21.3 Å². The predicted molar refractivity (Wildman–Crippen MR) is 204 cm³/mol. The molecule has 1 aromatic heterocycles. The summed E-state index contributed by atoms with van der Waals surface area (Å²) in [5.74, 6) is -0.742. The van der Waals surface area contributed by atoms with Gasteiger partial charge in [-0.25, -0.2) is 0 Å². The van der Waals surface area contributed by atoms with Crippen molar-refractivity contribution in [2.24, 2.45) is 5.41 Å². The van der Waals surface area contributed by atoms with E-state index in [0.717, 1.165) is 18.5 Å². The van der Waals surface area contributed by atoms with E-state index in [1.807, 2.05) is 34.6 Å². The van der Waals surface area contributed by atoms with E-state index < -0.39 is 12.3 Å². The number of likely N-dealkylation sites (tertiary alicyclic amines) is 1. The maximum atomic E-state index is 11.9. The van der Waals surface area contributed by atoms with Gasteiger partial charge in [0.05, 0.1) is 12.2 Å². The zero-order chi connectivity index (χ0) is 39.8. The lowest BCUT2D eigenvalue weighted by atomic mass is 9.88. The Hall–Kier alpha value is -3.94. The van der Waals surface area contributed by atoms with E-state index in [4.69, 9.17) is 4.74 Å². The molecule has 0 bridgehead atoms. The molecule has 4 rings (SSSR count). The summed E-state index contributed by atoms with van der Waals surface area (Å²) in [5.41, 5.74) is 0.999. The van der Waals surface area contributed by atoms with Gasteiger partial charge >= 0.3 is 0 Å². The number of ketones is 1. The Bertz CT molecular complexity index is 1080. The van der Waals surface area contributed by atoms with Gasteiger partial charge in [-0.05, 0) is 58.8 Å². The third kappa shape index (κ3) is 28.7. The van der Waals surface area contributed by atoms with E-state index in [1.54, 1.807) is 25.5 Å². The molecule has 1 aliphatic heterocycles. The number of carbonyl (C=O) groups is 6. The van der Waals surface area contributed by atoms with Gasteiger partial charge in [-0.3, -0.25) is 38.7 Å². The fraction of sp³-hybridized carbons (Fsp3) is 0.737. The molecule has 298 valence electrons. The molecule has 3 fully saturated rings. The van der Waals surface area contributed by atoms with Crippen LogP contribution in [0.3, 0.4) is 0 Å². The second kappa shape index (κ2) is 31.8. The fourth-order valence-electron chi connectivity index (χ4n) is 4.27. The Morgan fingerprint density at radius 2 is 1.50 bits per heavy atom. The Kier molecular flexibility index (Phi) is 30.6. The second-order valence-corrected chi connectivity index (χ2v) is 13.8. The molecule has 14 nitrogen and oxygen atoms in total. The first-order valence-electron chi connectivity index (χ1n) is 18.7. The molecule has 2 heterocycles. The van der Waals surface area contributed by atoms with Crippen molar-refractivity contribution in [1.29, 1.82) is 0 Å². The van der Waals surface area contributed by atoms with E-state index in [0.29, 0.717) is 38.4 Å². The van der Waals surface area contributed by atoms with Crippen molar-refractivity contribution in [2.75, 3.05) is 19.7 Å². The van der Waals surface area contributed by atoms with Crippen LogP contribution in [0.25, 0.3) is 0 Å². The monoisotopic (exact) mass is 736 g/mol. The van der Waals surface area contributed by atoms with Crippen molar-refractivity contribution in [2.45, 2.75) is 157 Å². The number of rotatable bonds is 12. The summed E-state index contributed by atoms with van der Waals surface area (Å²) in [6.07, 6.45) is 20.1. The first kappa shape index (κ1) is 50.2. The minimum absolute atomic E-state index is 0.0385. The summed E-state index contributed by atoms with van der Waals surface area (Å²) in [4.78, 5) is 73.5. The minimum atomic E-state index is -0.915. The standard InChI is InChI=1S/C11H18N2O4.C9H18N2O2.C6H12.C5H6N2.C4H7NO.C3H8/c1-3-17-11(8(2)15)12-10(16)9-5-4-6-13(9)7-14;1-7(9(2,3)4)11-8(13)5-10-6-12;1-2-4-6-5-3-1;1-5-4-6-2-3-7-5;6-3-5-4-1-2-4;1-3-2/h7,9,11H,3-6H2,1-2H3,(H,12,16);6-7H,5H2,1-4H3,(H,10,12)(H,11,13);1-6H2;2-4H,1H3;3-4H,1-2H2,(H,5,6);3H2,1-2H3. The van der Waals surface area contributed by atoms with Crippen molar-refractivity contribution >= 4 is 36.8 Å². The molecule has 1 saturated heterocycles. The largest absolute Gasteiger partial charge is 0.356 e. The van der Waals surface area contributed by atoms with Gasteiger partial charge in [0.1, 0.15) is 6.04 Å². The van der Waals surface area contributed by atoms with Gasteiger partial charge in [0.2, 0.25) is 31.0 Å². The second-order valence-electron chi connectivity index (χ2n) is 13.8. The first-order valence-corrected chi connectivity index (χ1v) is 18.7. The molecule has 0 radical (unpaired) electrons. The zero-order valence-corrected chi connectivity index (χ0v) is 33.4. The van der Waals surface area contributed by atoms with Crippen LogP contribution in [0.5, 0.6) is 0 Å². The van der Waals surface area contributed by atoms with Crippen LogP contribution >= 0.6 is 0 Å². The summed E-state index contributed by atoms with van der Waals surface area (Å²) < 4.78 is 5.11. The van der Waals surface area contributed by atoms with Crippen molar-refractivity contribution in [1.82, 2.24) is 36.1 Å². The van der Waals surface area contributed by atoms with E-state index >= 15 is 0 Å². The van der Waals surface area contributed by atoms with Crippen molar-refractivity contribution in [3.8, 4) is 0 Å². The predicted octanol–water partition coefficient (Wildman–Crippen LogP) is 4.39. The SMILES string of the molecule is C1CCCCC1.CC(NC(=O)CNC=O)C(C)(C)C.CCC.CCOC(NC(=O)C1CCCN1C=O)C(C)=O.Cc1cnccn1.O=CNC1CC1. The number of aromatic nitrogens is 2. The topological polar surface area (TPSA) is 189 Å². The number of aryl methyl sites for hydroxylation is 1. The molecule has 3 aliphatic rings. The summed E-state index contributed by atoms with van der Waals surface area (Å²) in [6, 6.07) is 0.144. The molecule has 14 heteroatoms. The Labute approximate surface area is 312 Å². The molecule has 1 aromatic rings. The highest BCUT2D eigenvalue weighted by atomic mass is 16.5. The number of nitrogens with one attached hydrogen (secondary N) is 4. The number of hydrogen-bond acceptors (Lipinski definition) is 9. The smallest absolute Gasteiger partial charge is 0.245 e. The third-order valence-electron chi connectivity index (χ3n) is 7.80. The molecule has 3 unspecified atom stereocenters. The molecule has 0 aromatic carbocycles. The van der Waals surface area contributed by atoms with Crippen LogP contribution in [0, 0.1) is 12.3 Å². The number of Topliss-reactive ketones (excluding diaryl/α,β-unsaturated/α-hetero) is 1. The van der Waals surface area contributed by atoms with Crippen molar-refractivity contribution in [3.63, 3.8) is 0 Å². The van der Waals surface area contributed by atoms with Crippen LogP contribution in [0.2, 0.25) is 0 Å². The molecule has 5 amide bonds. The number of amides is 5. The van der Waals surface area contributed by atoms with Crippen LogP contribution in [-0.2, 0) is 33.5 Å². The summed E-state index contributed by atoms with van der Waals surface area (Å²) in [7, 11) is 0. The number of ether oxygens (including phenoxy) is 1. The average molecular weight is 736 g/mol. The normalized spacial score (nSPS) is 16.8. The van der Waals surface area contributed by atoms with Crippen LogP contribution in [-0.4, -0.2) is 95.7 Å². The van der Waals surface area contributed by atoms with E-state index in [-0.39, 0.29) is 35.6 Å². The Morgan fingerprint density at radius 1 is 0.923 bits per heavy atom. The lowest BCUT2D eigenvalue weighted by molar-refractivity contribution is -0.140. The summed E-state index contributed by atoms with van der Waals surface area (Å²) in [6.45, 7) is 18.3. The lowest BCUT2D eigenvalue weighted by Gasteiger charge is -2.27. The maximum Gasteiger partial charge on any atom is 0.245 e. The summed E-state index contributed by atoms with van der Waals surface area (Å²) in [5, 5.41) is 10.3. The number of nitrogens with zero attached hydrogens (tertiary/aromatic N) is 3. The third-order valence-corrected chi connectivity index (χ3v) is 7.80. The molecule has 52 heavy (non-hydrogen) atoms. The first-order chi connectivity index (χ1) is 24.7. The molecule has 3 atom stereocenters. The maximum absolute atomic E-state index is 11.9.